The van der Waals surface area contributed by atoms with Gasteiger partial charge in [-0.2, -0.15) is 0 Å². The summed E-state index contributed by atoms with van der Waals surface area (Å²) in [5, 5.41) is 6.68. The van der Waals surface area contributed by atoms with Crippen LogP contribution < -0.4 is 10.6 Å². The Hall–Kier alpha value is -1.58. The van der Waals surface area contributed by atoms with Gasteiger partial charge in [0.2, 0.25) is 0 Å². The number of benzene rings is 1. The van der Waals surface area contributed by atoms with Crippen molar-refractivity contribution in [3.8, 4) is 0 Å². The van der Waals surface area contributed by atoms with E-state index in [1.807, 2.05) is 0 Å². The molecule has 0 saturated heterocycles. The SMILES string of the molecule is CCC1(CNC(=NC)NCc2ccc(F)cc2)CCC1. The summed E-state index contributed by atoms with van der Waals surface area (Å²) in [5.74, 6) is 0.611. The van der Waals surface area contributed by atoms with Crippen molar-refractivity contribution in [3.63, 3.8) is 0 Å². The number of hydrogen-bond acceptors (Lipinski definition) is 1. The first kappa shape index (κ1) is 14.8. The minimum absolute atomic E-state index is 0.203. The van der Waals surface area contributed by atoms with Gasteiger partial charge >= 0.3 is 0 Å². The minimum atomic E-state index is -0.203. The zero-order chi connectivity index (χ0) is 14.4. The predicted molar refractivity (Wildman–Crippen MR) is 81.2 cm³/mol. The largest absolute Gasteiger partial charge is 0.356 e. The van der Waals surface area contributed by atoms with Crippen molar-refractivity contribution in [1.29, 1.82) is 0 Å². The van der Waals surface area contributed by atoms with Crippen LogP contribution in [0.4, 0.5) is 4.39 Å². The maximum Gasteiger partial charge on any atom is 0.191 e. The Labute approximate surface area is 120 Å². The van der Waals surface area contributed by atoms with Crippen LogP contribution in [0, 0.1) is 11.2 Å². The molecule has 0 amide bonds. The van der Waals surface area contributed by atoms with E-state index in [1.165, 1.54) is 37.8 Å². The van der Waals surface area contributed by atoms with Crippen molar-refractivity contribution in [1.82, 2.24) is 10.6 Å². The number of rotatable bonds is 5. The van der Waals surface area contributed by atoms with Gasteiger partial charge in [0.05, 0.1) is 0 Å². The lowest BCUT2D eigenvalue weighted by Crippen LogP contribution is -2.46. The lowest BCUT2D eigenvalue weighted by molar-refractivity contribution is 0.131. The summed E-state index contributed by atoms with van der Waals surface area (Å²) in [4.78, 5) is 4.24. The van der Waals surface area contributed by atoms with E-state index in [-0.39, 0.29) is 5.82 Å². The highest BCUT2D eigenvalue weighted by molar-refractivity contribution is 5.79. The molecular formula is C16H24FN3. The van der Waals surface area contributed by atoms with Crippen molar-refractivity contribution in [3.05, 3.63) is 35.6 Å². The molecule has 20 heavy (non-hydrogen) atoms. The van der Waals surface area contributed by atoms with Crippen molar-refractivity contribution in [2.45, 2.75) is 39.2 Å². The molecule has 0 atom stereocenters. The molecule has 2 N–H and O–H groups in total. The van der Waals surface area contributed by atoms with Gasteiger partial charge in [-0.1, -0.05) is 25.5 Å². The molecule has 0 heterocycles. The zero-order valence-electron chi connectivity index (χ0n) is 12.4. The predicted octanol–water partition coefficient (Wildman–Crippen LogP) is 3.07. The van der Waals surface area contributed by atoms with Crippen molar-refractivity contribution < 1.29 is 4.39 Å². The number of nitrogens with zero attached hydrogens (tertiary/aromatic N) is 1. The first-order chi connectivity index (χ1) is 9.67. The van der Waals surface area contributed by atoms with E-state index in [0.29, 0.717) is 12.0 Å². The molecule has 0 spiro atoms. The number of aliphatic imine (C=N–C) groups is 1. The third-order valence-electron chi connectivity index (χ3n) is 4.39. The van der Waals surface area contributed by atoms with Gasteiger partial charge < -0.3 is 10.6 Å². The van der Waals surface area contributed by atoms with E-state index in [2.05, 4.69) is 22.5 Å². The second kappa shape index (κ2) is 6.73. The van der Waals surface area contributed by atoms with Crippen LogP contribution in [-0.4, -0.2) is 19.6 Å². The summed E-state index contributed by atoms with van der Waals surface area (Å²) >= 11 is 0. The molecule has 1 aliphatic rings. The molecule has 1 aliphatic carbocycles. The Morgan fingerprint density at radius 2 is 1.95 bits per heavy atom. The van der Waals surface area contributed by atoms with Gasteiger partial charge in [0.15, 0.2) is 5.96 Å². The fraction of sp³-hybridized carbons (Fsp3) is 0.562. The van der Waals surface area contributed by atoms with E-state index in [9.17, 15) is 4.39 Å². The van der Waals surface area contributed by atoms with Gasteiger partial charge in [-0.3, -0.25) is 4.99 Å². The average molecular weight is 277 g/mol. The van der Waals surface area contributed by atoms with Gasteiger partial charge in [-0.25, -0.2) is 4.39 Å². The molecule has 0 unspecified atom stereocenters. The first-order valence-electron chi connectivity index (χ1n) is 7.36. The quantitative estimate of drug-likeness (QED) is 0.641. The molecule has 3 nitrogen and oxygen atoms in total. The average Bonchev–Trinajstić information content (AvgIpc) is 2.43. The number of nitrogens with one attached hydrogen (secondary N) is 2. The molecule has 1 aromatic carbocycles. The molecule has 0 radical (unpaired) electrons. The second-order valence-electron chi connectivity index (χ2n) is 5.61. The topological polar surface area (TPSA) is 36.4 Å². The standard InChI is InChI=1S/C16H24FN3/c1-3-16(9-4-10-16)12-20-15(18-2)19-11-13-5-7-14(17)8-6-13/h5-8H,3-4,9-12H2,1-2H3,(H2,18,19,20). The maximum atomic E-state index is 12.8. The van der Waals surface area contributed by atoms with Crippen molar-refractivity contribution in [2.24, 2.45) is 10.4 Å². The molecular weight excluding hydrogens is 253 g/mol. The second-order valence-corrected chi connectivity index (χ2v) is 5.61. The zero-order valence-corrected chi connectivity index (χ0v) is 12.4. The summed E-state index contributed by atoms with van der Waals surface area (Å²) in [6.07, 6.45) is 5.18. The highest BCUT2D eigenvalue weighted by Crippen LogP contribution is 2.42. The van der Waals surface area contributed by atoms with Crippen LogP contribution >= 0.6 is 0 Å². The molecule has 1 fully saturated rings. The molecule has 0 aromatic heterocycles. The molecule has 0 bridgehead atoms. The Kier molecular flexibility index (Phi) is 4.99. The minimum Gasteiger partial charge on any atom is -0.356 e. The van der Waals surface area contributed by atoms with Crippen LogP contribution in [0.15, 0.2) is 29.3 Å². The van der Waals surface area contributed by atoms with Gasteiger partial charge in [-0.15, -0.1) is 0 Å². The van der Waals surface area contributed by atoms with Crippen LogP contribution in [-0.2, 0) is 6.54 Å². The summed E-state index contributed by atoms with van der Waals surface area (Å²) in [6.45, 7) is 3.89. The van der Waals surface area contributed by atoms with Crippen LogP contribution in [0.25, 0.3) is 0 Å². The number of hydrogen-bond donors (Lipinski definition) is 2. The molecule has 4 heteroatoms. The maximum absolute atomic E-state index is 12.8. The summed E-state index contributed by atoms with van der Waals surface area (Å²) in [6, 6.07) is 6.53. The lowest BCUT2D eigenvalue weighted by Gasteiger charge is -2.41. The first-order valence-corrected chi connectivity index (χ1v) is 7.36. The fourth-order valence-corrected chi connectivity index (χ4v) is 2.61. The van der Waals surface area contributed by atoms with E-state index in [1.54, 1.807) is 19.2 Å². The van der Waals surface area contributed by atoms with Crippen LogP contribution in [0.3, 0.4) is 0 Å². The van der Waals surface area contributed by atoms with E-state index >= 15 is 0 Å². The van der Waals surface area contributed by atoms with Crippen LogP contribution in [0.5, 0.6) is 0 Å². The molecule has 1 saturated carbocycles. The summed E-state index contributed by atoms with van der Waals surface area (Å²) in [5.41, 5.74) is 1.51. The highest BCUT2D eigenvalue weighted by Gasteiger charge is 2.34. The molecule has 110 valence electrons. The summed E-state index contributed by atoms with van der Waals surface area (Å²) < 4.78 is 12.8. The van der Waals surface area contributed by atoms with Gasteiger partial charge in [0, 0.05) is 20.1 Å². The Morgan fingerprint density at radius 1 is 1.25 bits per heavy atom. The number of guanidine groups is 1. The summed E-state index contributed by atoms with van der Waals surface area (Å²) in [7, 11) is 1.78. The molecule has 2 rings (SSSR count). The molecule has 0 aliphatic heterocycles. The van der Waals surface area contributed by atoms with E-state index in [0.717, 1.165) is 18.1 Å². The van der Waals surface area contributed by atoms with E-state index in [4.69, 9.17) is 0 Å². The van der Waals surface area contributed by atoms with Crippen LogP contribution in [0.2, 0.25) is 0 Å². The van der Waals surface area contributed by atoms with Gasteiger partial charge in [0.25, 0.3) is 0 Å². The van der Waals surface area contributed by atoms with Crippen molar-refractivity contribution in [2.75, 3.05) is 13.6 Å². The normalized spacial score (nSPS) is 17.4. The third-order valence-corrected chi connectivity index (χ3v) is 4.39. The Balaban J connectivity index is 1.79. The third kappa shape index (κ3) is 3.71. The van der Waals surface area contributed by atoms with Gasteiger partial charge in [-0.05, 0) is 42.4 Å². The molecule has 1 aromatic rings. The Morgan fingerprint density at radius 3 is 2.45 bits per heavy atom. The highest BCUT2D eigenvalue weighted by atomic mass is 19.1. The smallest absolute Gasteiger partial charge is 0.191 e. The monoisotopic (exact) mass is 277 g/mol. The fourth-order valence-electron chi connectivity index (χ4n) is 2.61. The van der Waals surface area contributed by atoms with E-state index < -0.39 is 0 Å². The van der Waals surface area contributed by atoms with Crippen molar-refractivity contribution >= 4 is 5.96 Å². The lowest BCUT2D eigenvalue weighted by atomic mass is 9.67. The number of halogens is 1. The van der Waals surface area contributed by atoms with Gasteiger partial charge in [0.1, 0.15) is 5.82 Å². The Bertz CT molecular complexity index is 444. The van der Waals surface area contributed by atoms with Crippen LogP contribution in [0.1, 0.15) is 38.2 Å².